The van der Waals surface area contributed by atoms with E-state index in [1.54, 1.807) is 16.7 Å². The molecule has 0 unspecified atom stereocenters. The van der Waals surface area contributed by atoms with Crippen LogP contribution in [0.1, 0.15) is 6.92 Å². The van der Waals surface area contributed by atoms with Gasteiger partial charge in [-0.2, -0.15) is 0 Å². The summed E-state index contributed by atoms with van der Waals surface area (Å²) >= 11 is 0. The lowest BCUT2D eigenvalue weighted by atomic mass is 10.1. The summed E-state index contributed by atoms with van der Waals surface area (Å²) in [5.41, 5.74) is 2.03. The fraction of sp³-hybridized carbons (Fsp3) is 0.300. The minimum atomic E-state index is -0.0499. The highest BCUT2D eigenvalue weighted by Crippen LogP contribution is 2.29. The molecule has 2 aromatic rings. The van der Waals surface area contributed by atoms with E-state index in [9.17, 15) is 9.59 Å². The third kappa shape index (κ3) is 4.18. The molecule has 0 N–H and O–H groups in total. The Morgan fingerprint density at radius 2 is 1.48 bits per heavy atom. The van der Waals surface area contributed by atoms with Gasteiger partial charge in [-0.05, 0) is 11.6 Å². The van der Waals surface area contributed by atoms with Crippen LogP contribution >= 0.6 is 0 Å². The highest BCUT2D eigenvalue weighted by Gasteiger charge is 2.22. The molecule has 0 aromatic heterocycles. The lowest BCUT2D eigenvalue weighted by molar-refractivity contribution is -0.139. The summed E-state index contributed by atoms with van der Waals surface area (Å²) in [6.07, 6.45) is 0. The normalized spacial score (nSPS) is 14.3. The third-order valence-electron chi connectivity index (χ3n) is 4.40. The van der Waals surface area contributed by atoms with Crippen molar-refractivity contribution >= 4 is 11.8 Å². The van der Waals surface area contributed by atoms with E-state index in [0.29, 0.717) is 31.9 Å². The molecule has 1 fully saturated rings. The van der Waals surface area contributed by atoms with Crippen molar-refractivity contribution in [3.63, 3.8) is 0 Å². The van der Waals surface area contributed by atoms with Crippen LogP contribution in [0.5, 0.6) is 5.75 Å². The summed E-state index contributed by atoms with van der Waals surface area (Å²) < 4.78 is 5.81. The maximum Gasteiger partial charge on any atom is 0.260 e. The molecular weight excluding hydrogens is 316 g/mol. The van der Waals surface area contributed by atoms with Crippen LogP contribution in [0.4, 0.5) is 0 Å². The number of nitrogens with zero attached hydrogens (tertiary/aromatic N) is 2. The van der Waals surface area contributed by atoms with Crippen LogP contribution in [-0.4, -0.2) is 54.4 Å². The first-order valence-electron chi connectivity index (χ1n) is 8.45. The maximum atomic E-state index is 12.4. The van der Waals surface area contributed by atoms with Gasteiger partial charge >= 0.3 is 0 Å². The molecule has 1 aliphatic heterocycles. The number of hydrogen-bond acceptors (Lipinski definition) is 3. The molecule has 2 aromatic carbocycles. The first-order valence-corrected chi connectivity index (χ1v) is 8.45. The summed E-state index contributed by atoms with van der Waals surface area (Å²) in [5, 5.41) is 0. The van der Waals surface area contributed by atoms with Crippen LogP contribution in [0.15, 0.2) is 54.6 Å². The molecule has 3 rings (SSSR count). The third-order valence-corrected chi connectivity index (χ3v) is 4.40. The van der Waals surface area contributed by atoms with Gasteiger partial charge in [0, 0.05) is 38.7 Å². The van der Waals surface area contributed by atoms with Gasteiger partial charge in [-0.3, -0.25) is 9.59 Å². The van der Waals surface area contributed by atoms with Crippen molar-refractivity contribution in [2.75, 3.05) is 32.8 Å². The molecule has 0 atom stereocenters. The Balaban J connectivity index is 1.61. The Morgan fingerprint density at radius 1 is 0.880 bits per heavy atom. The van der Waals surface area contributed by atoms with Crippen molar-refractivity contribution in [1.29, 1.82) is 0 Å². The molecule has 1 heterocycles. The summed E-state index contributed by atoms with van der Waals surface area (Å²) in [4.78, 5) is 27.3. The molecule has 5 heteroatoms. The van der Waals surface area contributed by atoms with Gasteiger partial charge in [0.05, 0.1) is 0 Å². The summed E-state index contributed by atoms with van der Waals surface area (Å²) in [6.45, 7) is 3.85. The van der Waals surface area contributed by atoms with E-state index in [1.165, 1.54) is 0 Å². The second kappa shape index (κ2) is 7.83. The zero-order valence-electron chi connectivity index (χ0n) is 14.4. The minimum Gasteiger partial charge on any atom is -0.483 e. The van der Waals surface area contributed by atoms with Crippen molar-refractivity contribution in [1.82, 2.24) is 9.80 Å². The largest absolute Gasteiger partial charge is 0.483 e. The van der Waals surface area contributed by atoms with Crippen molar-refractivity contribution in [3.05, 3.63) is 54.6 Å². The molecule has 0 bridgehead atoms. The quantitative estimate of drug-likeness (QED) is 0.860. The van der Waals surface area contributed by atoms with Gasteiger partial charge in [0.15, 0.2) is 6.61 Å². The molecule has 5 nitrogen and oxygen atoms in total. The van der Waals surface area contributed by atoms with E-state index in [4.69, 9.17) is 4.74 Å². The van der Waals surface area contributed by atoms with E-state index >= 15 is 0 Å². The Kier molecular flexibility index (Phi) is 5.33. The monoisotopic (exact) mass is 338 g/mol. The number of ether oxygens (including phenoxy) is 1. The van der Waals surface area contributed by atoms with Crippen molar-refractivity contribution < 1.29 is 14.3 Å². The molecular formula is C20H22N2O3. The average Bonchev–Trinajstić information content (AvgIpc) is 2.67. The first-order chi connectivity index (χ1) is 12.1. The molecule has 25 heavy (non-hydrogen) atoms. The van der Waals surface area contributed by atoms with Gasteiger partial charge in [-0.1, -0.05) is 48.5 Å². The molecule has 1 saturated heterocycles. The lowest BCUT2D eigenvalue weighted by Gasteiger charge is -2.34. The highest BCUT2D eigenvalue weighted by molar-refractivity contribution is 5.79. The predicted octanol–water partition coefficient (Wildman–Crippen LogP) is 2.42. The Morgan fingerprint density at radius 3 is 2.16 bits per heavy atom. The number of piperazine rings is 1. The van der Waals surface area contributed by atoms with Crippen LogP contribution < -0.4 is 4.74 Å². The summed E-state index contributed by atoms with van der Waals surface area (Å²) in [5.74, 6) is 0.704. The number of rotatable bonds is 4. The van der Waals surface area contributed by atoms with Crippen molar-refractivity contribution in [3.8, 4) is 16.9 Å². The Bertz CT molecular complexity index is 738. The fourth-order valence-corrected chi connectivity index (χ4v) is 2.95. The summed E-state index contributed by atoms with van der Waals surface area (Å²) in [7, 11) is 0. The average molecular weight is 338 g/mol. The zero-order chi connectivity index (χ0) is 17.6. The van der Waals surface area contributed by atoms with E-state index in [2.05, 4.69) is 0 Å². The van der Waals surface area contributed by atoms with Gasteiger partial charge in [0.25, 0.3) is 5.91 Å². The molecule has 0 saturated carbocycles. The molecule has 2 amide bonds. The second-order valence-electron chi connectivity index (χ2n) is 6.04. The van der Waals surface area contributed by atoms with Crippen LogP contribution in [0.25, 0.3) is 11.1 Å². The summed E-state index contributed by atoms with van der Waals surface area (Å²) in [6, 6.07) is 17.7. The maximum absolute atomic E-state index is 12.4. The second-order valence-corrected chi connectivity index (χ2v) is 6.04. The number of benzene rings is 2. The highest BCUT2D eigenvalue weighted by atomic mass is 16.5. The standard InChI is InChI=1S/C20H22N2O3/c1-16(23)21-11-13-22(14-12-21)20(24)15-25-19-10-6-5-9-18(19)17-7-3-2-4-8-17/h2-10H,11-15H2,1H3. The van der Waals surface area contributed by atoms with Crippen LogP contribution in [0.2, 0.25) is 0 Å². The van der Waals surface area contributed by atoms with Gasteiger partial charge in [0.2, 0.25) is 5.91 Å². The van der Waals surface area contributed by atoms with Crippen molar-refractivity contribution in [2.45, 2.75) is 6.92 Å². The Labute approximate surface area is 147 Å². The smallest absolute Gasteiger partial charge is 0.260 e. The molecule has 1 aliphatic rings. The van der Waals surface area contributed by atoms with Crippen LogP contribution in [-0.2, 0) is 9.59 Å². The van der Waals surface area contributed by atoms with Crippen LogP contribution in [0, 0.1) is 0 Å². The van der Waals surface area contributed by atoms with Crippen molar-refractivity contribution in [2.24, 2.45) is 0 Å². The Hall–Kier alpha value is -2.82. The molecule has 0 radical (unpaired) electrons. The van der Waals surface area contributed by atoms with E-state index in [0.717, 1.165) is 11.1 Å². The lowest BCUT2D eigenvalue weighted by Crippen LogP contribution is -2.51. The minimum absolute atomic E-state index is 0.00389. The van der Waals surface area contributed by atoms with Crippen LogP contribution in [0.3, 0.4) is 0 Å². The number of carbonyl (C=O) groups is 2. The zero-order valence-corrected chi connectivity index (χ0v) is 14.4. The molecule has 0 spiro atoms. The predicted molar refractivity (Wildman–Crippen MR) is 96.2 cm³/mol. The topological polar surface area (TPSA) is 49.9 Å². The SMILES string of the molecule is CC(=O)N1CCN(C(=O)COc2ccccc2-c2ccccc2)CC1. The number of hydrogen-bond donors (Lipinski definition) is 0. The molecule has 130 valence electrons. The van der Waals surface area contributed by atoms with Gasteiger partial charge in [-0.25, -0.2) is 0 Å². The van der Waals surface area contributed by atoms with Gasteiger partial charge in [0.1, 0.15) is 5.75 Å². The van der Waals surface area contributed by atoms with E-state index in [-0.39, 0.29) is 18.4 Å². The van der Waals surface area contributed by atoms with Gasteiger partial charge < -0.3 is 14.5 Å². The number of para-hydroxylation sites is 1. The fourth-order valence-electron chi connectivity index (χ4n) is 2.95. The number of amides is 2. The number of carbonyl (C=O) groups excluding carboxylic acids is 2. The first kappa shape index (κ1) is 17.0. The van der Waals surface area contributed by atoms with E-state index < -0.39 is 0 Å². The molecule has 0 aliphatic carbocycles. The van der Waals surface area contributed by atoms with Gasteiger partial charge in [-0.15, -0.1) is 0 Å². The van der Waals surface area contributed by atoms with E-state index in [1.807, 2.05) is 54.6 Å².